The first-order valence-corrected chi connectivity index (χ1v) is 11.0. The van der Waals surface area contributed by atoms with Crippen molar-refractivity contribution in [3.8, 4) is 0 Å². The molecule has 1 aliphatic heterocycles. The van der Waals surface area contributed by atoms with E-state index in [1.165, 1.54) is 16.4 Å². The van der Waals surface area contributed by atoms with Crippen LogP contribution in [-0.4, -0.2) is 52.5 Å². The molecule has 1 saturated heterocycles. The second kappa shape index (κ2) is 7.63. The Labute approximate surface area is 169 Å². The maximum absolute atomic E-state index is 13.0. The van der Waals surface area contributed by atoms with Gasteiger partial charge in [0.25, 0.3) is 0 Å². The van der Waals surface area contributed by atoms with Gasteiger partial charge in [-0.05, 0) is 23.8 Å². The van der Waals surface area contributed by atoms with Gasteiger partial charge in [-0.1, -0.05) is 24.3 Å². The van der Waals surface area contributed by atoms with Gasteiger partial charge in [0.2, 0.25) is 10.0 Å². The number of nitrogens with zero attached hydrogens (tertiary/aromatic N) is 4. The Kier molecular flexibility index (Phi) is 5.32. The van der Waals surface area contributed by atoms with Crippen LogP contribution < -0.4 is 0 Å². The summed E-state index contributed by atoms with van der Waals surface area (Å²) in [6.07, 6.45) is -4.38. The molecule has 1 aromatic heterocycles. The summed E-state index contributed by atoms with van der Waals surface area (Å²) in [7, 11) is -3.72. The normalized spacial score (nSPS) is 17.1. The SMILES string of the molecule is O=S(=O)(c1cccc2nsnc12)N1CCN(Cc2cccc(C(F)(F)F)c2)CC1. The van der Waals surface area contributed by atoms with E-state index in [0.29, 0.717) is 36.2 Å². The van der Waals surface area contributed by atoms with Gasteiger partial charge in [-0.25, -0.2) is 8.42 Å². The molecular formula is C18H17F3N4O2S2. The summed E-state index contributed by atoms with van der Waals surface area (Å²) in [4.78, 5) is 2.09. The predicted molar refractivity (Wildman–Crippen MR) is 103 cm³/mol. The molecule has 1 aliphatic rings. The van der Waals surface area contributed by atoms with Gasteiger partial charge in [0.05, 0.1) is 17.3 Å². The third-order valence-electron chi connectivity index (χ3n) is 4.86. The molecule has 0 N–H and O–H groups in total. The first-order valence-electron chi connectivity index (χ1n) is 8.85. The van der Waals surface area contributed by atoms with Gasteiger partial charge in [-0.2, -0.15) is 26.2 Å². The van der Waals surface area contributed by atoms with Crippen molar-refractivity contribution in [3.63, 3.8) is 0 Å². The molecule has 1 fully saturated rings. The molecule has 4 rings (SSSR count). The Hall–Kier alpha value is -2.08. The summed E-state index contributed by atoms with van der Waals surface area (Å²) >= 11 is 0.963. The number of rotatable bonds is 4. The van der Waals surface area contributed by atoms with Gasteiger partial charge in [0.1, 0.15) is 15.9 Å². The van der Waals surface area contributed by atoms with Crippen LogP contribution >= 0.6 is 11.7 Å². The first kappa shape index (κ1) is 20.2. The molecule has 29 heavy (non-hydrogen) atoms. The Bertz CT molecular complexity index is 1120. The minimum atomic E-state index is -4.38. The van der Waals surface area contributed by atoms with Crippen molar-refractivity contribution in [1.29, 1.82) is 0 Å². The lowest BCUT2D eigenvalue weighted by atomic mass is 10.1. The zero-order valence-electron chi connectivity index (χ0n) is 15.1. The van der Waals surface area contributed by atoms with E-state index in [-0.39, 0.29) is 18.0 Å². The van der Waals surface area contributed by atoms with Gasteiger partial charge in [-0.15, -0.1) is 0 Å². The fourth-order valence-electron chi connectivity index (χ4n) is 3.36. The van der Waals surface area contributed by atoms with E-state index >= 15 is 0 Å². The van der Waals surface area contributed by atoms with Crippen molar-refractivity contribution in [2.24, 2.45) is 0 Å². The predicted octanol–water partition coefficient (Wildman–Crippen LogP) is 3.22. The Balaban J connectivity index is 1.45. The van der Waals surface area contributed by atoms with Crippen LogP contribution in [0.4, 0.5) is 13.2 Å². The lowest BCUT2D eigenvalue weighted by Crippen LogP contribution is -2.48. The smallest absolute Gasteiger partial charge is 0.296 e. The van der Waals surface area contributed by atoms with Gasteiger partial charge in [0, 0.05) is 32.7 Å². The standard InChI is InChI=1S/C18H17F3N4O2S2/c19-18(20,21)14-4-1-3-13(11-14)12-24-7-9-25(10-8-24)29(26,27)16-6-2-5-15-17(16)23-28-22-15/h1-6,11H,7-10,12H2. The van der Waals surface area contributed by atoms with Gasteiger partial charge in [-0.3, -0.25) is 4.90 Å². The molecule has 0 spiro atoms. The van der Waals surface area contributed by atoms with Crippen LogP contribution in [-0.2, 0) is 22.7 Å². The van der Waals surface area contributed by atoms with E-state index in [4.69, 9.17) is 0 Å². The molecule has 11 heteroatoms. The van der Waals surface area contributed by atoms with Crippen LogP contribution in [0.1, 0.15) is 11.1 Å². The lowest BCUT2D eigenvalue weighted by Gasteiger charge is -2.34. The molecule has 2 aromatic carbocycles. The highest BCUT2D eigenvalue weighted by Gasteiger charge is 2.32. The first-order chi connectivity index (χ1) is 13.7. The molecule has 154 valence electrons. The van der Waals surface area contributed by atoms with Crippen LogP contribution in [0.25, 0.3) is 11.0 Å². The van der Waals surface area contributed by atoms with Crippen molar-refractivity contribution in [2.75, 3.05) is 26.2 Å². The molecule has 6 nitrogen and oxygen atoms in total. The van der Waals surface area contributed by atoms with Crippen LogP contribution in [0.15, 0.2) is 47.4 Å². The third-order valence-corrected chi connectivity index (χ3v) is 7.33. The Morgan fingerprint density at radius 1 is 1.00 bits per heavy atom. The average Bonchev–Trinajstić information content (AvgIpc) is 3.17. The number of halogens is 3. The number of piperazine rings is 1. The van der Waals surface area contributed by atoms with Gasteiger partial charge in [0.15, 0.2) is 0 Å². The minimum Gasteiger partial charge on any atom is -0.296 e. The van der Waals surface area contributed by atoms with E-state index in [1.807, 2.05) is 4.90 Å². The van der Waals surface area contributed by atoms with E-state index in [9.17, 15) is 21.6 Å². The third kappa shape index (κ3) is 4.13. The largest absolute Gasteiger partial charge is 0.416 e. The van der Waals surface area contributed by atoms with E-state index in [2.05, 4.69) is 8.75 Å². The molecule has 0 aliphatic carbocycles. The summed E-state index contributed by atoms with van der Waals surface area (Å²) in [5.74, 6) is 0. The Morgan fingerprint density at radius 3 is 2.45 bits per heavy atom. The summed E-state index contributed by atoms with van der Waals surface area (Å²) in [6, 6.07) is 10.1. The molecule has 0 saturated carbocycles. The van der Waals surface area contributed by atoms with Gasteiger partial charge >= 0.3 is 6.18 Å². The summed E-state index contributed by atoms with van der Waals surface area (Å²) in [5.41, 5.74) is 0.777. The molecule has 0 amide bonds. The minimum absolute atomic E-state index is 0.134. The van der Waals surface area contributed by atoms with Gasteiger partial charge < -0.3 is 0 Å². The highest BCUT2D eigenvalue weighted by Crippen LogP contribution is 2.30. The van der Waals surface area contributed by atoms with Crippen molar-refractivity contribution in [1.82, 2.24) is 18.0 Å². The van der Waals surface area contributed by atoms with Crippen LogP contribution in [0.5, 0.6) is 0 Å². The highest BCUT2D eigenvalue weighted by molar-refractivity contribution is 7.89. The Morgan fingerprint density at radius 2 is 1.72 bits per heavy atom. The topological polar surface area (TPSA) is 66.4 Å². The van der Waals surface area contributed by atoms with E-state index < -0.39 is 21.8 Å². The van der Waals surface area contributed by atoms with Crippen LogP contribution in [0.3, 0.4) is 0 Å². The number of aromatic nitrogens is 2. The van der Waals surface area contributed by atoms with Crippen molar-refractivity contribution >= 4 is 32.8 Å². The fraction of sp³-hybridized carbons (Fsp3) is 0.333. The number of sulfonamides is 1. The maximum Gasteiger partial charge on any atom is 0.416 e. The molecule has 3 aromatic rings. The summed E-state index contributed by atoms with van der Waals surface area (Å²) in [5, 5.41) is 0. The number of hydrogen-bond donors (Lipinski definition) is 0. The summed E-state index contributed by atoms with van der Waals surface area (Å²) in [6.45, 7) is 1.72. The quantitative estimate of drug-likeness (QED) is 0.621. The van der Waals surface area contributed by atoms with E-state index in [0.717, 1.165) is 23.9 Å². The maximum atomic E-state index is 13.0. The average molecular weight is 442 g/mol. The monoisotopic (exact) mass is 442 g/mol. The number of alkyl halides is 3. The van der Waals surface area contributed by atoms with Crippen molar-refractivity contribution < 1.29 is 21.6 Å². The zero-order chi connectivity index (χ0) is 20.6. The number of hydrogen-bond acceptors (Lipinski definition) is 6. The van der Waals surface area contributed by atoms with E-state index in [1.54, 1.807) is 18.2 Å². The van der Waals surface area contributed by atoms with Crippen molar-refractivity contribution in [2.45, 2.75) is 17.6 Å². The second-order valence-electron chi connectivity index (χ2n) is 6.77. The number of fused-ring (bicyclic) bond motifs is 1. The second-order valence-corrected chi connectivity index (χ2v) is 9.20. The molecule has 2 heterocycles. The lowest BCUT2D eigenvalue weighted by molar-refractivity contribution is -0.137. The molecule has 0 unspecified atom stereocenters. The van der Waals surface area contributed by atoms with Crippen LogP contribution in [0, 0.1) is 0 Å². The van der Waals surface area contributed by atoms with Crippen molar-refractivity contribution in [3.05, 3.63) is 53.6 Å². The molecule has 0 bridgehead atoms. The molecule has 0 atom stereocenters. The summed E-state index contributed by atoms with van der Waals surface area (Å²) < 4.78 is 74.3. The highest BCUT2D eigenvalue weighted by atomic mass is 32.2. The number of benzene rings is 2. The molecule has 0 radical (unpaired) electrons. The zero-order valence-corrected chi connectivity index (χ0v) is 16.8. The molecular weight excluding hydrogens is 425 g/mol. The fourth-order valence-corrected chi connectivity index (χ4v) is 5.54. The van der Waals surface area contributed by atoms with Crippen LogP contribution in [0.2, 0.25) is 0 Å².